The summed E-state index contributed by atoms with van der Waals surface area (Å²) >= 11 is 0. The Kier molecular flexibility index (Phi) is 7.48. The highest BCUT2D eigenvalue weighted by molar-refractivity contribution is 5.83. The van der Waals surface area contributed by atoms with E-state index in [1.807, 2.05) is 0 Å². The summed E-state index contributed by atoms with van der Waals surface area (Å²) < 4.78 is 0. The van der Waals surface area contributed by atoms with Crippen molar-refractivity contribution in [3.05, 3.63) is 0 Å². The monoisotopic (exact) mass is 269 g/mol. The summed E-state index contributed by atoms with van der Waals surface area (Å²) in [5, 5.41) is 3.43. The van der Waals surface area contributed by atoms with E-state index in [2.05, 4.69) is 12.2 Å². The molecule has 1 aliphatic heterocycles. The first kappa shape index (κ1) is 16.0. The van der Waals surface area contributed by atoms with Gasteiger partial charge in [0.25, 0.3) is 0 Å². The van der Waals surface area contributed by atoms with E-state index >= 15 is 0 Å². The third-order valence-electron chi connectivity index (χ3n) is 3.60. The number of hydrogen-bond acceptors (Lipinski definition) is 3. The van der Waals surface area contributed by atoms with E-state index in [9.17, 15) is 9.59 Å². The van der Waals surface area contributed by atoms with Gasteiger partial charge < -0.3 is 16.0 Å². The molecule has 0 aromatic carbocycles. The van der Waals surface area contributed by atoms with Crippen molar-refractivity contribution in [2.45, 2.75) is 57.9 Å². The van der Waals surface area contributed by atoms with Gasteiger partial charge in [-0.3, -0.25) is 9.59 Å². The van der Waals surface area contributed by atoms with Crippen LogP contribution in [0.4, 0.5) is 0 Å². The molecule has 1 saturated heterocycles. The Balaban J connectivity index is 2.34. The molecular weight excluding hydrogens is 242 g/mol. The van der Waals surface area contributed by atoms with E-state index in [0.717, 1.165) is 32.2 Å². The van der Waals surface area contributed by atoms with E-state index in [1.54, 1.807) is 4.90 Å². The van der Waals surface area contributed by atoms with Crippen LogP contribution in [0.25, 0.3) is 0 Å². The molecule has 1 heterocycles. The summed E-state index contributed by atoms with van der Waals surface area (Å²) in [5.41, 5.74) is 5.20. The lowest BCUT2D eigenvalue weighted by molar-refractivity contribution is -0.135. The third kappa shape index (κ3) is 6.57. The molecule has 1 atom stereocenters. The number of carbonyl (C=O) groups is 2. The standard InChI is InChI=1S/C14H27N3O2/c1-2-3-10-17(11-13(15)18)14(19)8-7-12-6-4-5-9-16-12/h12,16H,2-11H2,1H3,(H2,15,18). The fraction of sp³-hybridized carbons (Fsp3) is 0.857. The van der Waals surface area contributed by atoms with Gasteiger partial charge in [0.05, 0.1) is 6.54 Å². The second-order valence-electron chi connectivity index (χ2n) is 5.32. The van der Waals surface area contributed by atoms with Crippen LogP contribution in [-0.4, -0.2) is 42.4 Å². The largest absolute Gasteiger partial charge is 0.368 e. The number of piperidine rings is 1. The third-order valence-corrected chi connectivity index (χ3v) is 3.60. The first-order chi connectivity index (χ1) is 9.13. The van der Waals surface area contributed by atoms with E-state index in [-0.39, 0.29) is 12.5 Å². The van der Waals surface area contributed by atoms with Crippen molar-refractivity contribution in [3.63, 3.8) is 0 Å². The van der Waals surface area contributed by atoms with E-state index < -0.39 is 5.91 Å². The Morgan fingerprint density at radius 2 is 2.16 bits per heavy atom. The molecule has 0 aromatic rings. The van der Waals surface area contributed by atoms with Crippen LogP contribution in [0.5, 0.6) is 0 Å². The molecule has 0 spiro atoms. The Bertz CT molecular complexity index is 288. The van der Waals surface area contributed by atoms with Crippen molar-refractivity contribution < 1.29 is 9.59 Å². The van der Waals surface area contributed by atoms with Crippen molar-refractivity contribution in [2.24, 2.45) is 5.73 Å². The molecule has 0 saturated carbocycles. The zero-order valence-electron chi connectivity index (χ0n) is 12.0. The number of primary amides is 1. The van der Waals surface area contributed by atoms with Gasteiger partial charge in [0, 0.05) is 19.0 Å². The van der Waals surface area contributed by atoms with Crippen molar-refractivity contribution in [2.75, 3.05) is 19.6 Å². The maximum Gasteiger partial charge on any atom is 0.237 e. The van der Waals surface area contributed by atoms with Crippen LogP contribution >= 0.6 is 0 Å². The Hall–Kier alpha value is -1.10. The van der Waals surface area contributed by atoms with Gasteiger partial charge >= 0.3 is 0 Å². The molecular formula is C14H27N3O2. The summed E-state index contributed by atoms with van der Waals surface area (Å²) in [6.45, 7) is 3.81. The topological polar surface area (TPSA) is 75.4 Å². The maximum atomic E-state index is 12.1. The van der Waals surface area contributed by atoms with Gasteiger partial charge in [0.15, 0.2) is 0 Å². The van der Waals surface area contributed by atoms with Crippen LogP contribution in [0, 0.1) is 0 Å². The molecule has 1 aliphatic rings. The van der Waals surface area contributed by atoms with Crippen molar-refractivity contribution in [3.8, 4) is 0 Å². The summed E-state index contributed by atoms with van der Waals surface area (Å²) in [6.07, 6.45) is 6.92. The van der Waals surface area contributed by atoms with Gasteiger partial charge in [-0.05, 0) is 32.2 Å². The number of unbranched alkanes of at least 4 members (excludes halogenated alkanes) is 1. The molecule has 5 heteroatoms. The van der Waals surface area contributed by atoms with Crippen LogP contribution in [-0.2, 0) is 9.59 Å². The van der Waals surface area contributed by atoms with Gasteiger partial charge in [-0.1, -0.05) is 19.8 Å². The lowest BCUT2D eigenvalue weighted by Crippen LogP contribution is -2.40. The zero-order valence-corrected chi connectivity index (χ0v) is 12.0. The molecule has 0 aromatic heterocycles. The fourth-order valence-electron chi connectivity index (χ4n) is 2.46. The zero-order chi connectivity index (χ0) is 14.1. The summed E-state index contributed by atoms with van der Waals surface area (Å²) in [4.78, 5) is 24.7. The van der Waals surface area contributed by atoms with E-state index in [1.165, 1.54) is 12.8 Å². The highest BCUT2D eigenvalue weighted by Crippen LogP contribution is 2.12. The predicted octanol–water partition coefficient (Wildman–Crippen LogP) is 1.02. The number of hydrogen-bond donors (Lipinski definition) is 2. The first-order valence-electron chi connectivity index (χ1n) is 7.43. The fourth-order valence-corrected chi connectivity index (χ4v) is 2.46. The molecule has 1 rings (SSSR count). The van der Waals surface area contributed by atoms with Crippen LogP contribution in [0.2, 0.25) is 0 Å². The van der Waals surface area contributed by atoms with E-state index in [4.69, 9.17) is 5.73 Å². The minimum atomic E-state index is -0.430. The van der Waals surface area contributed by atoms with Gasteiger partial charge in [0.2, 0.25) is 11.8 Å². The number of rotatable bonds is 8. The smallest absolute Gasteiger partial charge is 0.237 e. The van der Waals surface area contributed by atoms with Crippen molar-refractivity contribution in [1.82, 2.24) is 10.2 Å². The number of carbonyl (C=O) groups excluding carboxylic acids is 2. The van der Waals surface area contributed by atoms with Crippen LogP contribution < -0.4 is 11.1 Å². The minimum Gasteiger partial charge on any atom is -0.368 e. The highest BCUT2D eigenvalue weighted by atomic mass is 16.2. The molecule has 1 unspecified atom stereocenters. The molecule has 3 N–H and O–H groups in total. The number of nitrogens with one attached hydrogen (secondary N) is 1. The number of nitrogens with zero attached hydrogens (tertiary/aromatic N) is 1. The Labute approximate surface area is 115 Å². The SMILES string of the molecule is CCCCN(CC(N)=O)C(=O)CCC1CCCCN1. The summed E-state index contributed by atoms with van der Waals surface area (Å²) in [5.74, 6) is -0.375. The Morgan fingerprint density at radius 1 is 1.37 bits per heavy atom. The molecule has 2 amide bonds. The molecule has 0 radical (unpaired) electrons. The average Bonchev–Trinajstić information content (AvgIpc) is 2.41. The second kappa shape index (κ2) is 8.91. The Morgan fingerprint density at radius 3 is 2.74 bits per heavy atom. The van der Waals surface area contributed by atoms with Crippen LogP contribution in [0.1, 0.15) is 51.9 Å². The number of amides is 2. The second-order valence-corrected chi connectivity index (χ2v) is 5.32. The van der Waals surface area contributed by atoms with Gasteiger partial charge in [0.1, 0.15) is 0 Å². The normalized spacial score (nSPS) is 19.1. The summed E-state index contributed by atoms with van der Waals surface area (Å²) in [6, 6.07) is 0.458. The molecule has 5 nitrogen and oxygen atoms in total. The van der Waals surface area contributed by atoms with Crippen LogP contribution in [0.15, 0.2) is 0 Å². The van der Waals surface area contributed by atoms with Crippen molar-refractivity contribution in [1.29, 1.82) is 0 Å². The molecule has 1 fully saturated rings. The van der Waals surface area contributed by atoms with Gasteiger partial charge in [-0.2, -0.15) is 0 Å². The molecule has 19 heavy (non-hydrogen) atoms. The lowest BCUT2D eigenvalue weighted by atomic mass is 10.0. The van der Waals surface area contributed by atoms with Gasteiger partial charge in [-0.15, -0.1) is 0 Å². The predicted molar refractivity (Wildman–Crippen MR) is 75.6 cm³/mol. The maximum absolute atomic E-state index is 12.1. The van der Waals surface area contributed by atoms with Gasteiger partial charge in [-0.25, -0.2) is 0 Å². The average molecular weight is 269 g/mol. The van der Waals surface area contributed by atoms with E-state index in [0.29, 0.717) is 19.0 Å². The molecule has 0 bridgehead atoms. The minimum absolute atomic E-state index is 0.0525. The molecule has 110 valence electrons. The quantitative estimate of drug-likeness (QED) is 0.691. The molecule has 0 aliphatic carbocycles. The first-order valence-corrected chi connectivity index (χ1v) is 7.43. The number of nitrogens with two attached hydrogens (primary N) is 1. The lowest BCUT2D eigenvalue weighted by Gasteiger charge is -2.25. The van der Waals surface area contributed by atoms with Crippen molar-refractivity contribution >= 4 is 11.8 Å². The van der Waals surface area contributed by atoms with Crippen LogP contribution in [0.3, 0.4) is 0 Å². The highest BCUT2D eigenvalue weighted by Gasteiger charge is 2.18. The summed E-state index contributed by atoms with van der Waals surface area (Å²) in [7, 11) is 0.